The molecule has 1 aromatic carbocycles. The van der Waals surface area contributed by atoms with Crippen LogP contribution in [0.25, 0.3) is 10.4 Å². The van der Waals surface area contributed by atoms with E-state index in [4.69, 9.17) is 0 Å². The average molecular weight is 302 g/mol. The quantitative estimate of drug-likeness (QED) is 0.594. The van der Waals surface area contributed by atoms with E-state index in [-0.39, 0.29) is 5.82 Å². The highest BCUT2D eigenvalue weighted by molar-refractivity contribution is 7.13. The Labute approximate surface area is 131 Å². The van der Waals surface area contributed by atoms with Crippen LogP contribution in [0.5, 0.6) is 0 Å². The molecule has 0 unspecified atom stereocenters. The molecular weight excluding hydrogens is 279 g/mol. The number of rotatable bonds is 4. The van der Waals surface area contributed by atoms with Crippen LogP contribution >= 0.6 is 11.3 Å². The molecule has 0 bridgehead atoms. The molecule has 0 radical (unpaired) electrons. The second kappa shape index (κ2) is 6.74. The smallest absolute Gasteiger partial charge is 0.123 e. The van der Waals surface area contributed by atoms with Crippen molar-refractivity contribution in [2.75, 3.05) is 0 Å². The van der Waals surface area contributed by atoms with E-state index in [1.54, 1.807) is 23.5 Å². The largest absolute Gasteiger partial charge is 0.207 e. The highest BCUT2D eigenvalue weighted by Gasteiger charge is 2.24. The predicted octanol–water partition coefficient (Wildman–Crippen LogP) is 6.63. The van der Waals surface area contributed by atoms with Crippen LogP contribution in [0.3, 0.4) is 0 Å². The Morgan fingerprint density at radius 3 is 2.43 bits per heavy atom. The monoisotopic (exact) mass is 302 g/mol. The van der Waals surface area contributed by atoms with Crippen LogP contribution in [-0.4, -0.2) is 0 Å². The summed E-state index contributed by atoms with van der Waals surface area (Å²) in [5, 5.41) is 2.19. The molecule has 0 amide bonds. The third-order valence-corrected chi connectivity index (χ3v) is 5.76. The van der Waals surface area contributed by atoms with Crippen LogP contribution in [0.1, 0.15) is 56.9 Å². The van der Waals surface area contributed by atoms with Gasteiger partial charge in [0.05, 0.1) is 0 Å². The Morgan fingerprint density at radius 2 is 1.76 bits per heavy atom. The van der Waals surface area contributed by atoms with Crippen LogP contribution in [0.15, 0.2) is 35.7 Å². The van der Waals surface area contributed by atoms with E-state index in [1.807, 2.05) is 12.1 Å². The Morgan fingerprint density at radius 1 is 1.05 bits per heavy atom. The minimum Gasteiger partial charge on any atom is -0.207 e. The number of halogens is 1. The van der Waals surface area contributed by atoms with Gasteiger partial charge in [-0.15, -0.1) is 11.3 Å². The fourth-order valence-electron chi connectivity index (χ4n) is 3.65. The van der Waals surface area contributed by atoms with E-state index in [2.05, 4.69) is 18.4 Å². The topological polar surface area (TPSA) is 0 Å². The zero-order chi connectivity index (χ0) is 14.7. The maximum absolute atomic E-state index is 13.1. The van der Waals surface area contributed by atoms with Crippen LogP contribution in [0.4, 0.5) is 4.39 Å². The number of hydrogen-bond donors (Lipinski definition) is 0. The highest BCUT2D eigenvalue weighted by atomic mass is 32.1. The van der Waals surface area contributed by atoms with Crippen molar-refractivity contribution in [3.63, 3.8) is 0 Å². The molecule has 1 heterocycles. The minimum absolute atomic E-state index is 0.156. The van der Waals surface area contributed by atoms with Crippen LogP contribution < -0.4 is 0 Å². The van der Waals surface area contributed by atoms with Gasteiger partial charge in [0.15, 0.2) is 0 Å². The van der Waals surface area contributed by atoms with Crippen molar-refractivity contribution in [1.29, 1.82) is 0 Å². The van der Waals surface area contributed by atoms with E-state index >= 15 is 0 Å². The summed E-state index contributed by atoms with van der Waals surface area (Å²) in [5.41, 5.74) is 2.65. The third kappa shape index (κ3) is 3.37. The summed E-state index contributed by atoms with van der Waals surface area (Å²) < 4.78 is 13.1. The fraction of sp³-hybridized carbons (Fsp3) is 0.474. The Bertz CT molecular complexity index is 562. The molecule has 1 aliphatic carbocycles. The molecule has 112 valence electrons. The Hall–Kier alpha value is -1.15. The van der Waals surface area contributed by atoms with Crippen molar-refractivity contribution in [3.8, 4) is 10.4 Å². The van der Waals surface area contributed by atoms with Gasteiger partial charge in [0.25, 0.3) is 0 Å². The summed E-state index contributed by atoms with van der Waals surface area (Å²) in [6.45, 7) is 2.29. The molecule has 0 aliphatic heterocycles. The van der Waals surface area contributed by atoms with Gasteiger partial charge in [-0.2, -0.15) is 0 Å². The molecule has 0 nitrogen and oxygen atoms in total. The lowest BCUT2D eigenvalue weighted by molar-refractivity contribution is 0.309. The van der Waals surface area contributed by atoms with Gasteiger partial charge in [-0.05, 0) is 72.2 Å². The van der Waals surface area contributed by atoms with E-state index in [0.717, 1.165) is 11.5 Å². The zero-order valence-electron chi connectivity index (χ0n) is 12.6. The molecule has 0 atom stereocenters. The number of thiophene rings is 1. The van der Waals surface area contributed by atoms with Crippen LogP contribution in [0, 0.1) is 11.7 Å². The molecule has 1 aromatic heterocycles. The average Bonchev–Trinajstić information content (AvgIpc) is 2.99. The highest BCUT2D eigenvalue weighted by Crippen LogP contribution is 2.43. The summed E-state index contributed by atoms with van der Waals surface area (Å²) in [6, 6.07) is 9.24. The second-order valence-corrected chi connectivity index (χ2v) is 7.13. The maximum atomic E-state index is 13.1. The van der Waals surface area contributed by atoms with E-state index in [1.165, 1.54) is 49.0 Å². The van der Waals surface area contributed by atoms with Gasteiger partial charge in [0.1, 0.15) is 5.82 Å². The molecule has 2 aromatic rings. The SMILES string of the molecule is CCCC1CCC(c2ccsc2-c2ccc(F)cc2)CC1. The first kappa shape index (κ1) is 14.8. The standard InChI is InChI=1S/C19H23FS/c1-2-3-14-4-6-15(7-5-14)18-12-13-21-19(18)16-8-10-17(20)11-9-16/h8-15H,2-7H2,1H3. The van der Waals surface area contributed by atoms with Crippen LogP contribution in [-0.2, 0) is 0 Å². The van der Waals surface area contributed by atoms with Crippen molar-refractivity contribution in [2.24, 2.45) is 5.92 Å². The molecule has 1 fully saturated rings. The van der Waals surface area contributed by atoms with Gasteiger partial charge in [0.2, 0.25) is 0 Å². The van der Waals surface area contributed by atoms with Gasteiger partial charge in [0, 0.05) is 4.88 Å². The van der Waals surface area contributed by atoms with E-state index in [0.29, 0.717) is 5.92 Å². The first-order chi connectivity index (χ1) is 10.3. The molecule has 1 saturated carbocycles. The Balaban J connectivity index is 1.76. The van der Waals surface area contributed by atoms with Crippen LogP contribution in [0.2, 0.25) is 0 Å². The minimum atomic E-state index is -0.156. The van der Waals surface area contributed by atoms with Crippen molar-refractivity contribution in [2.45, 2.75) is 51.4 Å². The zero-order valence-corrected chi connectivity index (χ0v) is 13.5. The number of benzene rings is 1. The molecule has 2 heteroatoms. The molecule has 0 N–H and O–H groups in total. The lowest BCUT2D eigenvalue weighted by atomic mass is 9.77. The summed E-state index contributed by atoms with van der Waals surface area (Å²) in [4.78, 5) is 1.34. The van der Waals surface area contributed by atoms with Gasteiger partial charge in [-0.3, -0.25) is 0 Å². The van der Waals surface area contributed by atoms with Crippen molar-refractivity contribution < 1.29 is 4.39 Å². The summed E-state index contributed by atoms with van der Waals surface area (Å²) in [6.07, 6.45) is 8.08. The van der Waals surface area contributed by atoms with Crippen molar-refractivity contribution >= 4 is 11.3 Å². The molecule has 21 heavy (non-hydrogen) atoms. The van der Waals surface area contributed by atoms with Gasteiger partial charge >= 0.3 is 0 Å². The van der Waals surface area contributed by atoms with Crippen molar-refractivity contribution in [3.05, 3.63) is 47.1 Å². The number of hydrogen-bond acceptors (Lipinski definition) is 1. The first-order valence-corrected chi connectivity index (χ1v) is 8.99. The van der Waals surface area contributed by atoms with Gasteiger partial charge in [-0.1, -0.05) is 31.9 Å². The summed E-state index contributed by atoms with van der Waals surface area (Å²) in [7, 11) is 0. The predicted molar refractivity (Wildman–Crippen MR) is 89.3 cm³/mol. The summed E-state index contributed by atoms with van der Waals surface area (Å²) in [5.74, 6) is 1.49. The van der Waals surface area contributed by atoms with E-state index in [9.17, 15) is 4.39 Å². The maximum Gasteiger partial charge on any atom is 0.123 e. The lowest BCUT2D eigenvalue weighted by Gasteiger charge is -2.28. The third-order valence-electron chi connectivity index (χ3n) is 4.79. The van der Waals surface area contributed by atoms with E-state index < -0.39 is 0 Å². The second-order valence-electron chi connectivity index (χ2n) is 6.22. The summed E-state index contributed by atoms with van der Waals surface area (Å²) >= 11 is 1.79. The fourth-order valence-corrected chi connectivity index (χ4v) is 4.64. The molecule has 0 spiro atoms. The van der Waals surface area contributed by atoms with Gasteiger partial charge in [-0.25, -0.2) is 4.39 Å². The van der Waals surface area contributed by atoms with Crippen molar-refractivity contribution in [1.82, 2.24) is 0 Å². The Kier molecular flexibility index (Phi) is 4.74. The lowest BCUT2D eigenvalue weighted by Crippen LogP contribution is -2.13. The molecular formula is C19H23FS. The normalized spacial score (nSPS) is 22.4. The molecule has 3 rings (SSSR count). The van der Waals surface area contributed by atoms with Gasteiger partial charge < -0.3 is 0 Å². The molecule has 1 aliphatic rings. The molecule has 0 saturated heterocycles. The first-order valence-electron chi connectivity index (χ1n) is 8.11.